The standard InChI is InChI=1S/C50H35N3/c1-50(2)43-20-12-11-19-42(43)48-44(50)30-29-41(47(48)37-27-23-33(24-28-37)40-18-10-9-17-39(40)32-51)34-21-25-36(26-22-34)46-31-45(35-13-5-3-6-14-35)52-49(53-46)38-15-7-4-8-16-38/h3-31H,1-2H3. The molecule has 0 atom stereocenters. The molecule has 3 heteroatoms. The van der Waals surface area contributed by atoms with Gasteiger partial charge in [-0.1, -0.05) is 178 Å². The Hall–Kier alpha value is -6.89. The zero-order chi connectivity index (χ0) is 35.9. The van der Waals surface area contributed by atoms with Crippen LogP contribution in [-0.4, -0.2) is 9.97 Å². The van der Waals surface area contributed by atoms with Crippen LogP contribution in [0.25, 0.3) is 78.4 Å². The van der Waals surface area contributed by atoms with Crippen molar-refractivity contribution in [2.24, 2.45) is 0 Å². The van der Waals surface area contributed by atoms with Gasteiger partial charge in [0.2, 0.25) is 0 Å². The molecule has 7 aromatic carbocycles. The van der Waals surface area contributed by atoms with Crippen LogP contribution in [0.5, 0.6) is 0 Å². The summed E-state index contributed by atoms with van der Waals surface area (Å²) in [6, 6.07) is 63.6. The van der Waals surface area contributed by atoms with Gasteiger partial charge in [0.25, 0.3) is 0 Å². The number of benzene rings is 7. The van der Waals surface area contributed by atoms with E-state index in [0.29, 0.717) is 11.4 Å². The molecule has 8 aromatic rings. The number of nitrogens with zero attached hydrogens (tertiary/aromatic N) is 3. The summed E-state index contributed by atoms with van der Waals surface area (Å²) >= 11 is 0. The summed E-state index contributed by atoms with van der Waals surface area (Å²) in [7, 11) is 0. The number of nitriles is 1. The predicted molar refractivity (Wildman–Crippen MR) is 217 cm³/mol. The molecule has 0 saturated carbocycles. The second-order valence-electron chi connectivity index (χ2n) is 14.1. The van der Waals surface area contributed by atoms with Crippen LogP contribution in [0.2, 0.25) is 0 Å². The molecule has 0 amide bonds. The second-order valence-corrected chi connectivity index (χ2v) is 14.1. The molecule has 0 unspecified atom stereocenters. The number of rotatable bonds is 6. The van der Waals surface area contributed by atoms with Gasteiger partial charge in [0, 0.05) is 22.1 Å². The number of hydrogen-bond donors (Lipinski definition) is 0. The highest BCUT2D eigenvalue weighted by Crippen LogP contribution is 2.54. The van der Waals surface area contributed by atoms with Crippen LogP contribution < -0.4 is 0 Å². The Morgan fingerprint density at radius 1 is 0.415 bits per heavy atom. The van der Waals surface area contributed by atoms with Gasteiger partial charge in [-0.15, -0.1) is 0 Å². The first-order chi connectivity index (χ1) is 26.0. The lowest BCUT2D eigenvalue weighted by atomic mass is 9.80. The molecule has 0 aliphatic heterocycles. The van der Waals surface area contributed by atoms with Crippen LogP contribution in [0.4, 0.5) is 0 Å². The van der Waals surface area contributed by atoms with Gasteiger partial charge in [0.05, 0.1) is 23.0 Å². The van der Waals surface area contributed by atoms with E-state index in [-0.39, 0.29) is 5.41 Å². The molecule has 0 spiro atoms. The third-order valence-electron chi connectivity index (χ3n) is 10.6. The van der Waals surface area contributed by atoms with Crippen LogP contribution in [0.1, 0.15) is 30.5 Å². The largest absolute Gasteiger partial charge is 0.228 e. The maximum Gasteiger partial charge on any atom is 0.160 e. The minimum atomic E-state index is -0.130. The van der Waals surface area contributed by atoms with E-state index in [0.717, 1.165) is 50.3 Å². The molecular formula is C50H35N3. The Bertz CT molecular complexity index is 2610. The normalized spacial score (nSPS) is 12.5. The Morgan fingerprint density at radius 3 is 1.58 bits per heavy atom. The van der Waals surface area contributed by atoms with E-state index in [1.165, 1.54) is 33.4 Å². The highest BCUT2D eigenvalue weighted by atomic mass is 14.9. The van der Waals surface area contributed by atoms with E-state index in [1.54, 1.807) is 0 Å². The SMILES string of the molecule is CC1(C)c2ccccc2-c2c1ccc(-c1ccc(-c3cc(-c4ccccc4)nc(-c4ccccc4)n3)cc1)c2-c1ccc(-c2ccccc2C#N)cc1. The van der Waals surface area contributed by atoms with Gasteiger partial charge in [-0.3, -0.25) is 0 Å². The van der Waals surface area contributed by atoms with E-state index < -0.39 is 0 Å². The summed E-state index contributed by atoms with van der Waals surface area (Å²) < 4.78 is 0. The molecule has 1 aromatic heterocycles. The molecule has 3 nitrogen and oxygen atoms in total. The van der Waals surface area contributed by atoms with Gasteiger partial charge in [-0.2, -0.15) is 5.26 Å². The molecule has 0 radical (unpaired) electrons. The van der Waals surface area contributed by atoms with Crippen molar-refractivity contribution in [2.45, 2.75) is 19.3 Å². The molecule has 0 N–H and O–H groups in total. The Balaban J connectivity index is 1.19. The average molecular weight is 678 g/mol. The lowest BCUT2D eigenvalue weighted by Crippen LogP contribution is -2.14. The molecule has 0 fully saturated rings. The lowest BCUT2D eigenvalue weighted by Gasteiger charge is -2.23. The number of hydrogen-bond acceptors (Lipinski definition) is 3. The average Bonchev–Trinajstić information content (AvgIpc) is 3.47. The van der Waals surface area contributed by atoms with Crippen molar-refractivity contribution in [1.29, 1.82) is 5.26 Å². The zero-order valence-corrected chi connectivity index (χ0v) is 29.6. The third-order valence-corrected chi connectivity index (χ3v) is 10.6. The first-order valence-electron chi connectivity index (χ1n) is 18.0. The Kier molecular flexibility index (Phi) is 7.87. The molecule has 53 heavy (non-hydrogen) atoms. The van der Waals surface area contributed by atoms with E-state index in [4.69, 9.17) is 9.97 Å². The summed E-state index contributed by atoms with van der Waals surface area (Å²) in [5, 5.41) is 9.79. The Labute approximate surface area is 310 Å². The number of aromatic nitrogens is 2. The van der Waals surface area contributed by atoms with Crippen LogP contribution in [0.3, 0.4) is 0 Å². The summed E-state index contributed by atoms with van der Waals surface area (Å²) in [5.74, 6) is 0.703. The van der Waals surface area contributed by atoms with E-state index in [1.807, 2.05) is 60.7 Å². The predicted octanol–water partition coefficient (Wildman–Crippen LogP) is 12.7. The van der Waals surface area contributed by atoms with Gasteiger partial charge in [0.1, 0.15) is 0 Å². The molecule has 1 aliphatic rings. The van der Waals surface area contributed by atoms with Crippen LogP contribution in [0, 0.1) is 11.3 Å². The van der Waals surface area contributed by atoms with Gasteiger partial charge in [0.15, 0.2) is 5.82 Å². The minimum absolute atomic E-state index is 0.130. The molecule has 9 rings (SSSR count). The second kappa shape index (κ2) is 13.0. The summed E-state index contributed by atoms with van der Waals surface area (Å²) in [4.78, 5) is 10.1. The van der Waals surface area contributed by atoms with Crippen LogP contribution >= 0.6 is 0 Å². The van der Waals surface area contributed by atoms with Crippen LogP contribution in [0.15, 0.2) is 176 Å². The fourth-order valence-electron chi connectivity index (χ4n) is 7.87. The van der Waals surface area contributed by atoms with Crippen molar-refractivity contribution >= 4 is 0 Å². The van der Waals surface area contributed by atoms with Crippen molar-refractivity contribution in [2.75, 3.05) is 0 Å². The fraction of sp³-hybridized carbons (Fsp3) is 0.0600. The van der Waals surface area contributed by atoms with Crippen LogP contribution in [-0.2, 0) is 5.41 Å². The highest BCUT2D eigenvalue weighted by Gasteiger charge is 2.37. The molecular weight excluding hydrogens is 643 g/mol. The lowest BCUT2D eigenvalue weighted by molar-refractivity contribution is 0.660. The van der Waals surface area contributed by atoms with Gasteiger partial charge < -0.3 is 0 Å². The molecule has 0 bridgehead atoms. The van der Waals surface area contributed by atoms with Crippen molar-refractivity contribution in [3.63, 3.8) is 0 Å². The first kappa shape index (κ1) is 32.0. The van der Waals surface area contributed by atoms with Crippen molar-refractivity contribution in [1.82, 2.24) is 9.97 Å². The summed E-state index contributed by atoms with van der Waals surface area (Å²) in [5.41, 5.74) is 17.2. The minimum Gasteiger partial charge on any atom is -0.228 e. The number of fused-ring (bicyclic) bond motifs is 3. The van der Waals surface area contributed by atoms with Gasteiger partial charge >= 0.3 is 0 Å². The molecule has 1 heterocycles. The maximum absolute atomic E-state index is 9.79. The van der Waals surface area contributed by atoms with Gasteiger partial charge in [-0.05, 0) is 67.8 Å². The summed E-state index contributed by atoms with van der Waals surface area (Å²) in [6.45, 7) is 4.65. The highest BCUT2D eigenvalue weighted by molar-refractivity contribution is 6.00. The first-order valence-corrected chi connectivity index (χ1v) is 18.0. The topological polar surface area (TPSA) is 49.6 Å². The van der Waals surface area contributed by atoms with E-state index in [9.17, 15) is 5.26 Å². The van der Waals surface area contributed by atoms with Crippen molar-refractivity contribution in [3.05, 3.63) is 193 Å². The van der Waals surface area contributed by atoms with Crippen molar-refractivity contribution in [3.8, 4) is 84.5 Å². The summed E-state index contributed by atoms with van der Waals surface area (Å²) in [6.07, 6.45) is 0. The zero-order valence-electron chi connectivity index (χ0n) is 29.6. The van der Waals surface area contributed by atoms with E-state index >= 15 is 0 Å². The van der Waals surface area contributed by atoms with Crippen molar-refractivity contribution < 1.29 is 0 Å². The monoisotopic (exact) mass is 677 g/mol. The van der Waals surface area contributed by atoms with E-state index in [2.05, 4.69) is 135 Å². The molecule has 250 valence electrons. The third kappa shape index (κ3) is 5.62. The quantitative estimate of drug-likeness (QED) is 0.176. The fourth-order valence-corrected chi connectivity index (χ4v) is 7.87. The Morgan fingerprint density at radius 2 is 0.925 bits per heavy atom. The van der Waals surface area contributed by atoms with Gasteiger partial charge in [-0.25, -0.2) is 9.97 Å². The smallest absolute Gasteiger partial charge is 0.160 e. The molecule has 1 aliphatic carbocycles. The molecule has 0 saturated heterocycles. The maximum atomic E-state index is 9.79.